The first-order valence-corrected chi connectivity index (χ1v) is 11.6. The number of carbonyl (C=O) groups excluding carboxylic acids is 1. The van der Waals surface area contributed by atoms with Crippen LogP contribution in [-0.4, -0.2) is 50.8 Å². The van der Waals surface area contributed by atoms with Gasteiger partial charge >= 0.3 is 0 Å². The quantitative estimate of drug-likeness (QED) is 0.354. The Bertz CT molecular complexity index is 837. The summed E-state index contributed by atoms with van der Waals surface area (Å²) in [6.45, 7) is 4.00. The van der Waals surface area contributed by atoms with E-state index in [9.17, 15) is 4.79 Å². The predicted molar refractivity (Wildman–Crippen MR) is 126 cm³/mol. The van der Waals surface area contributed by atoms with E-state index in [-0.39, 0.29) is 12.4 Å². The van der Waals surface area contributed by atoms with E-state index in [0.29, 0.717) is 6.42 Å². The van der Waals surface area contributed by atoms with Gasteiger partial charge in [0, 0.05) is 37.4 Å². The van der Waals surface area contributed by atoms with Crippen LogP contribution in [0.2, 0.25) is 0 Å². The number of ether oxygens (including phenoxy) is 1. The smallest absolute Gasteiger partial charge is 0.162 e. The Labute approximate surface area is 186 Å². The number of nitrogens with one attached hydrogen (secondary N) is 1. The lowest BCUT2D eigenvalue weighted by atomic mass is 10.0. The minimum Gasteiger partial charge on any atom is -0.496 e. The SMILES string of the molecule is COc1ccccc1CCCNCCCCC(=O)c1ccc2c(c1)CCN2CCCO. The predicted octanol–water partition coefficient (Wildman–Crippen LogP) is 4.02. The van der Waals surface area contributed by atoms with Crippen LogP contribution >= 0.6 is 0 Å². The Hall–Kier alpha value is -2.37. The molecule has 1 heterocycles. The number of aliphatic hydroxyl groups is 1. The first-order chi connectivity index (χ1) is 15.2. The Kier molecular flexibility index (Phi) is 9.38. The van der Waals surface area contributed by atoms with Crippen LogP contribution in [0.3, 0.4) is 0 Å². The van der Waals surface area contributed by atoms with E-state index in [1.807, 2.05) is 18.2 Å². The van der Waals surface area contributed by atoms with Crippen molar-refractivity contribution in [3.63, 3.8) is 0 Å². The van der Waals surface area contributed by atoms with Gasteiger partial charge in [-0.15, -0.1) is 0 Å². The lowest BCUT2D eigenvalue weighted by Gasteiger charge is -2.18. The van der Waals surface area contributed by atoms with Crippen molar-refractivity contribution in [2.24, 2.45) is 0 Å². The number of hydrogen-bond acceptors (Lipinski definition) is 5. The zero-order valence-electron chi connectivity index (χ0n) is 18.7. The summed E-state index contributed by atoms with van der Waals surface area (Å²) in [5, 5.41) is 12.5. The minimum absolute atomic E-state index is 0.221. The molecule has 0 amide bonds. The molecular weight excluding hydrogens is 388 g/mol. The summed E-state index contributed by atoms with van der Waals surface area (Å²) in [6, 6.07) is 14.3. The maximum Gasteiger partial charge on any atom is 0.162 e. The number of Topliss-reactive ketones (excluding diaryl/α,β-unsaturated/α-hetero) is 1. The summed E-state index contributed by atoms with van der Waals surface area (Å²) in [7, 11) is 1.72. The molecule has 2 aromatic rings. The van der Waals surface area contributed by atoms with E-state index in [4.69, 9.17) is 9.84 Å². The number of carbonyl (C=O) groups is 1. The second-order valence-corrected chi connectivity index (χ2v) is 8.20. The zero-order valence-corrected chi connectivity index (χ0v) is 18.7. The molecule has 2 N–H and O–H groups in total. The molecule has 0 saturated heterocycles. The molecule has 0 aromatic heterocycles. The standard InChI is InChI=1S/C26H36N2O3/c1-31-26-11-3-2-8-21(26)9-6-16-27-15-5-4-10-25(30)23-12-13-24-22(20-23)14-18-28(24)17-7-19-29/h2-3,8,11-13,20,27,29H,4-7,9-10,14-19H2,1H3. The summed E-state index contributed by atoms with van der Waals surface area (Å²) < 4.78 is 5.40. The van der Waals surface area contributed by atoms with Gasteiger partial charge in [-0.3, -0.25) is 4.79 Å². The summed E-state index contributed by atoms with van der Waals surface area (Å²) >= 11 is 0. The first kappa shape index (κ1) is 23.3. The van der Waals surface area contributed by atoms with Crippen molar-refractivity contribution in [1.29, 1.82) is 0 Å². The molecule has 0 saturated carbocycles. The number of unbranched alkanes of at least 4 members (excludes halogenated alkanes) is 1. The minimum atomic E-state index is 0.221. The van der Waals surface area contributed by atoms with E-state index >= 15 is 0 Å². The molecule has 0 atom stereocenters. The molecule has 3 rings (SSSR count). The van der Waals surface area contributed by atoms with Crippen molar-refractivity contribution in [3.8, 4) is 5.75 Å². The molecule has 0 bridgehead atoms. The summed E-state index contributed by atoms with van der Waals surface area (Å²) in [4.78, 5) is 14.9. The van der Waals surface area contributed by atoms with E-state index in [2.05, 4.69) is 34.5 Å². The van der Waals surface area contributed by atoms with Crippen molar-refractivity contribution < 1.29 is 14.6 Å². The monoisotopic (exact) mass is 424 g/mol. The molecule has 1 aliphatic heterocycles. The molecule has 168 valence electrons. The fraction of sp³-hybridized carbons (Fsp3) is 0.500. The van der Waals surface area contributed by atoms with Gasteiger partial charge in [-0.2, -0.15) is 0 Å². The van der Waals surface area contributed by atoms with Crippen LogP contribution in [0.4, 0.5) is 5.69 Å². The van der Waals surface area contributed by atoms with Gasteiger partial charge in [0.25, 0.3) is 0 Å². The number of methoxy groups -OCH3 is 1. The molecule has 5 heteroatoms. The maximum absolute atomic E-state index is 12.6. The van der Waals surface area contributed by atoms with Crippen LogP contribution in [0.1, 0.15) is 53.6 Å². The third-order valence-electron chi connectivity index (χ3n) is 5.98. The van der Waals surface area contributed by atoms with Gasteiger partial charge in [0.15, 0.2) is 5.78 Å². The molecule has 0 unspecified atom stereocenters. The van der Waals surface area contributed by atoms with Crippen LogP contribution in [0.25, 0.3) is 0 Å². The van der Waals surface area contributed by atoms with Gasteiger partial charge in [-0.05, 0) is 87.0 Å². The van der Waals surface area contributed by atoms with Crippen molar-refractivity contribution in [2.45, 2.75) is 44.9 Å². The first-order valence-electron chi connectivity index (χ1n) is 11.6. The number of hydrogen-bond donors (Lipinski definition) is 2. The van der Waals surface area contributed by atoms with Crippen LogP contribution in [0.15, 0.2) is 42.5 Å². The molecule has 1 aliphatic rings. The topological polar surface area (TPSA) is 61.8 Å². The van der Waals surface area contributed by atoms with E-state index in [1.165, 1.54) is 16.8 Å². The van der Waals surface area contributed by atoms with Gasteiger partial charge < -0.3 is 20.1 Å². The molecule has 0 aliphatic carbocycles. The number of benzene rings is 2. The van der Waals surface area contributed by atoms with E-state index < -0.39 is 0 Å². The second-order valence-electron chi connectivity index (χ2n) is 8.20. The number of fused-ring (bicyclic) bond motifs is 1. The fourth-order valence-electron chi connectivity index (χ4n) is 4.26. The Morgan fingerprint density at radius 3 is 2.77 bits per heavy atom. The maximum atomic E-state index is 12.6. The average Bonchev–Trinajstić information content (AvgIpc) is 3.21. The Balaban J connectivity index is 1.30. The van der Waals surface area contributed by atoms with Crippen LogP contribution in [0, 0.1) is 0 Å². The lowest BCUT2D eigenvalue weighted by Crippen LogP contribution is -2.22. The summed E-state index contributed by atoms with van der Waals surface area (Å²) in [5.74, 6) is 1.21. The molecule has 0 fully saturated rings. The van der Waals surface area contributed by atoms with Gasteiger partial charge in [-0.1, -0.05) is 18.2 Å². The number of nitrogens with zero attached hydrogens (tertiary/aromatic N) is 1. The molecule has 0 radical (unpaired) electrons. The Morgan fingerprint density at radius 1 is 1.10 bits per heavy atom. The number of aliphatic hydroxyl groups excluding tert-OH is 1. The normalized spacial score (nSPS) is 12.8. The summed E-state index contributed by atoms with van der Waals surface area (Å²) in [5.41, 5.74) is 4.58. The van der Waals surface area contributed by atoms with Crippen molar-refractivity contribution in [2.75, 3.05) is 44.8 Å². The number of anilines is 1. The third-order valence-corrected chi connectivity index (χ3v) is 5.98. The number of rotatable bonds is 14. The van der Waals surface area contributed by atoms with Crippen LogP contribution in [-0.2, 0) is 12.8 Å². The van der Waals surface area contributed by atoms with Gasteiger partial charge in [0.2, 0.25) is 0 Å². The highest BCUT2D eigenvalue weighted by molar-refractivity contribution is 5.96. The highest BCUT2D eigenvalue weighted by atomic mass is 16.5. The van der Waals surface area contributed by atoms with Crippen molar-refractivity contribution in [1.82, 2.24) is 5.32 Å². The number of ketones is 1. The average molecular weight is 425 g/mol. The second kappa shape index (κ2) is 12.5. The highest BCUT2D eigenvalue weighted by Gasteiger charge is 2.19. The van der Waals surface area contributed by atoms with Crippen molar-refractivity contribution in [3.05, 3.63) is 59.2 Å². The number of aryl methyl sites for hydroxylation is 1. The molecule has 5 nitrogen and oxygen atoms in total. The van der Waals surface area contributed by atoms with E-state index in [0.717, 1.165) is 76.0 Å². The number of para-hydroxylation sites is 1. The van der Waals surface area contributed by atoms with Crippen molar-refractivity contribution >= 4 is 11.5 Å². The largest absolute Gasteiger partial charge is 0.496 e. The lowest BCUT2D eigenvalue weighted by molar-refractivity contribution is 0.0979. The van der Waals surface area contributed by atoms with Crippen LogP contribution in [0.5, 0.6) is 5.75 Å². The third kappa shape index (κ3) is 6.81. The fourth-order valence-corrected chi connectivity index (χ4v) is 4.26. The molecule has 2 aromatic carbocycles. The Morgan fingerprint density at radius 2 is 1.94 bits per heavy atom. The van der Waals surface area contributed by atoms with Gasteiger partial charge in [0.1, 0.15) is 5.75 Å². The molecule has 0 spiro atoms. The highest BCUT2D eigenvalue weighted by Crippen LogP contribution is 2.29. The van der Waals surface area contributed by atoms with E-state index in [1.54, 1.807) is 7.11 Å². The van der Waals surface area contributed by atoms with Gasteiger partial charge in [0.05, 0.1) is 7.11 Å². The zero-order chi connectivity index (χ0) is 21.9. The molecular formula is C26H36N2O3. The van der Waals surface area contributed by atoms with Gasteiger partial charge in [-0.25, -0.2) is 0 Å². The molecule has 31 heavy (non-hydrogen) atoms. The summed E-state index contributed by atoms with van der Waals surface area (Å²) in [6.07, 6.45) is 6.39. The van der Waals surface area contributed by atoms with Crippen LogP contribution < -0.4 is 15.0 Å².